The highest BCUT2D eigenvalue weighted by molar-refractivity contribution is 6.31. The normalized spacial score (nSPS) is 23.4. The van der Waals surface area contributed by atoms with Gasteiger partial charge >= 0.3 is 0 Å². The number of fused-ring (bicyclic) bond motifs is 2. The van der Waals surface area contributed by atoms with Crippen LogP contribution in [0.5, 0.6) is 5.75 Å². The molecule has 53 heavy (non-hydrogen) atoms. The van der Waals surface area contributed by atoms with Crippen molar-refractivity contribution < 1.29 is 33.2 Å². The summed E-state index contributed by atoms with van der Waals surface area (Å²) in [6.45, 7) is 3.00. The molecule has 5 atom stereocenters. The second-order valence-corrected chi connectivity index (χ2v) is 13.5. The van der Waals surface area contributed by atoms with Crippen LogP contribution in [0.4, 0.5) is 0 Å². The maximum Gasteiger partial charge on any atom is 0.227 e. The highest BCUT2D eigenvalue weighted by atomic mass is 35.5. The zero-order valence-corrected chi connectivity index (χ0v) is 30.3. The average molecular weight is 732 g/mol. The van der Waals surface area contributed by atoms with Crippen molar-refractivity contribution in [1.82, 2.24) is 0 Å². The molecule has 0 aromatic heterocycles. The van der Waals surface area contributed by atoms with Crippen molar-refractivity contribution in [1.29, 1.82) is 5.26 Å². The molecule has 272 valence electrons. The van der Waals surface area contributed by atoms with E-state index in [1.165, 1.54) is 0 Å². The van der Waals surface area contributed by atoms with Crippen LogP contribution in [0.2, 0.25) is 5.02 Å². The summed E-state index contributed by atoms with van der Waals surface area (Å²) in [4.78, 5) is 0. The molecular formula is C44H42ClNO7. The van der Waals surface area contributed by atoms with E-state index in [9.17, 15) is 5.26 Å². The molecular weight excluding hydrogens is 690 g/mol. The molecule has 2 bridgehead atoms. The molecule has 5 aromatic rings. The van der Waals surface area contributed by atoms with Crippen LogP contribution in [-0.4, -0.2) is 43.9 Å². The second-order valence-electron chi connectivity index (χ2n) is 13.1. The minimum absolute atomic E-state index is 0.0403. The second kappa shape index (κ2) is 17.1. The number of rotatable bonds is 16. The smallest absolute Gasteiger partial charge is 0.227 e. The van der Waals surface area contributed by atoms with Crippen LogP contribution >= 0.6 is 11.6 Å². The largest absolute Gasteiger partial charge is 0.494 e. The first-order valence-corrected chi connectivity index (χ1v) is 18.2. The monoisotopic (exact) mass is 731 g/mol. The Morgan fingerprint density at radius 2 is 1.30 bits per heavy atom. The molecule has 8 nitrogen and oxygen atoms in total. The lowest BCUT2D eigenvalue weighted by Crippen LogP contribution is -2.67. The summed E-state index contributed by atoms with van der Waals surface area (Å²) in [5.41, 5.74) is 5.51. The van der Waals surface area contributed by atoms with Crippen molar-refractivity contribution in [3.63, 3.8) is 0 Å². The Hall–Kier alpha value is -4.56. The van der Waals surface area contributed by atoms with Gasteiger partial charge in [0.1, 0.15) is 37.3 Å². The van der Waals surface area contributed by atoms with Gasteiger partial charge in [-0.1, -0.05) is 121 Å². The van der Waals surface area contributed by atoms with Crippen LogP contribution in [0.1, 0.15) is 40.3 Å². The van der Waals surface area contributed by atoms with Crippen molar-refractivity contribution in [2.45, 2.75) is 63.1 Å². The Labute approximate surface area is 315 Å². The summed E-state index contributed by atoms with van der Waals surface area (Å²) in [7, 11) is 0. The molecule has 2 fully saturated rings. The number of ether oxygens (including phenoxy) is 7. The summed E-state index contributed by atoms with van der Waals surface area (Å²) in [6.07, 6.45) is -1.93. The highest BCUT2D eigenvalue weighted by Gasteiger charge is 2.70. The topological polar surface area (TPSA) is 88.4 Å². The van der Waals surface area contributed by atoms with Gasteiger partial charge in [0.05, 0.1) is 32.5 Å². The van der Waals surface area contributed by atoms with Gasteiger partial charge in [-0.15, -0.1) is 0 Å². The fraction of sp³-hybridized carbons (Fsp3) is 0.295. The minimum Gasteiger partial charge on any atom is -0.494 e. The Kier molecular flexibility index (Phi) is 11.8. The lowest BCUT2D eigenvalue weighted by atomic mass is 9.86. The molecule has 0 amide bonds. The predicted molar refractivity (Wildman–Crippen MR) is 200 cm³/mol. The van der Waals surface area contributed by atoms with Crippen LogP contribution in [-0.2, 0) is 60.4 Å². The minimum atomic E-state index is -1.52. The first-order chi connectivity index (χ1) is 26.0. The third kappa shape index (κ3) is 8.33. The average Bonchev–Trinajstić information content (AvgIpc) is 3.55. The number of nitrogens with zero attached hydrogens (tertiary/aromatic N) is 1. The Morgan fingerprint density at radius 3 is 1.89 bits per heavy atom. The van der Waals surface area contributed by atoms with Crippen LogP contribution in [0.15, 0.2) is 133 Å². The molecule has 0 radical (unpaired) electrons. The molecule has 0 aliphatic carbocycles. The SMILES string of the molecule is CCOc1ccc(Cc2cc([C@]34OC[C@](OCC#N)(O3)[C@@H](OCc3ccccc3)[C@H](OCc3ccccc3)[C@H]4OCc3ccccc3)ccc2Cl)cc1. The van der Waals surface area contributed by atoms with Crippen LogP contribution in [0.3, 0.4) is 0 Å². The summed E-state index contributed by atoms with van der Waals surface area (Å²) >= 11 is 6.86. The number of hydrogen-bond acceptors (Lipinski definition) is 8. The quantitative estimate of drug-likeness (QED) is 0.0998. The number of hydrogen-bond donors (Lipinski definition) is 0. The van der Waals surface area contributed by atoms with E-state index in [2.05, 4.69) is 6.07 Å². The van der Waals surface area contributed by atoms with Gasteiger partial charge in [-0.2, -0.15) is 5.26 Å². The van der Waals surface area contributed by atoms with E-state index in [-0.39, 0.29) is 33.0 Å². The lowest BCUT2D eigenvalue weighted by Gasteiger charge is -2.50. The van der Waals surface area contributed by atoms with E-state index < -0.39 is 29.9 Å². The first kappa shape index (κ1) is 36.8. The van der Waals surface area contributed by atoms with Crippen LogP contribution in [0.25, 0.3) is 0 Å². The first-order valence-electron chi connectivity index (χ1n) is 17.8. The molecule has 0 saturated carbocycles. The Morgan fingerprint density at radius 1 is 0.717 bits per heavy atom. The van der Waals surface area contributed by atoms with E-state index in [0.717, 1.165) is 33.6 Å². The van der Waals surface area contributed by atoms with Gasteiger partial charge in [0.15, 0.2) is 0 Å². The highest BCUT2D eigenvalue weighted by Crippen LogP contribution is 2.53. The van der Waals surface area contributed by atoms with E-state index in [1.54, 1.807) is 0 Å². The van der Waals surface area contributed by atoms with Crippen molar-refractivity contribution in [2.75, 3.05) is 19.8 Å². The van der Waals surface area contributed by atoms with Gasteiger partial charge in [0.2, 0.25) is 11.6 Å². The molecule has 9 heteroatoms. The molecule has 0 spiro atoms. The molecule has 2 saturated heterocycles. The molecule has 5 aromatic carbocycles. The molecule has 2 aliphatic rings. The van der Waals surface area contributed by atoms with E-state index >= 15 is 0 Å². The van der Waals surface area contributed by atoms with Crippen molar-refractivity contribution in [3.05, 3.63) is 172 Å². The molecule has 0 unspecified atom stereocenters. The van der Waals surface area contributed by atoms with Gasteiger partial charge in [-0.3, -0.25) is 0 Å². The summed E-state index contributed by atoms with van der Waals surface area (Å²) in [6, 6.07) is 45.5. The van der Waals surface area contributed by atoms with E-state index in [1.807, 2.05) is 140 Å². The van der Waals surface area contributed by atoms with Crippen molar-refractivity contribution >= 4 is 11.6 Å². The summed E-state index contributed by atoms with van der Waals surface area (Å²) < 4.78 is 46.3. The number of benzene rings is 5. The maximum atomic E-state index is 9.74. The zero-order valence-electron chi connectivity index (χ0n) is 29.6. The molecule has 0 N–H and O–H groups in total. The lowest BCUT2D eigenvalue weighted by molar-refractivity contribution is -0.395. The summed E-state index contributed by atoms with van der Waals surface area (Å²) in [5, 5.41) is 10.3. The molecule has 7 rings (SSSR count). The van der Waals surface area contributed by atoms with Crippen LogP contribution in [0, 0.1) is 11.3 Å². The Balaban J connectivity index is 1.31. The fourth-order valence-electron chi connectivity index (χ4n) is 6.95. The number of nitriles is 1. The fourth-order valence-corrected chi connectivity index (χ4v) is 7.13. The maximum absolute atomic E-state index is 9.74. The van der Waals surface area contributed by atoms with Gasteiger partial charge in [0.25, 0.3) is 0 Å². The molecule has 2 aliphatic heterocycles. The standard InChI is InChI=1S/C44H42ClNO7/c1-2-47-38-21-18-32(19-22-38)26-36-27-37(20-23-39(36)45)44-42(50-30-35-16-10-5-11-17-35)40(48-28-33-12-6-3-7-13-33)41(49-29-34-14-8-4-9-15-34)43(53-44,31-52-44)51-25-24-46/h3-23,27,40-42H,2,25-26,28-31H2,1H3/t40-,41-,42+,43-,44-/m0/s1. The number of halogens is 1. The predicted octanol–water partition coefficient (Wildman–Crippen LogP) is 8.54. The zero-order chi connectivity index (χ0) is 36.5. The van der Waals surface area contributed by atoms with Crippen LogP contribution < -0.4 is 4.74 Å². The summed E-state index contributed by atoms with van der Waals surface area (Å²) in [5.74, 6) is -2.22. The van der Waals surface area contributed by atoms with Crippen molar-refractivity contribution in [3.8, 4) is 11.8 Å². The molecule has 2 heterocycles. The van der Waals surface area contributed by atoms with E-state index in [4.69, 9.17) is 44.8 Å². The van der Waals surface area contributed by atoms with Gasteiger partial charge in [-0.25, -0.2) is 0 Å². The van der Waals surface area contributed by atoms with Gasteiger partial charge < -0.3 is 33.2 Å². The van der Waals surface area contributed by atoms with E-state index in [0.29, 0.717) is 23.6 Å². The third-order valence-corrected chi connectivity index (χ3v) is 9.87. The van der Waals surface area contributed by atoms with Gasteiger partial charge in [0, 0.05) is 10.6 Å². The third-order valence-electron chi connectivity index (χ3n) is 9.51. The Bertz CT molecular complexity index is 1960. The van der Waals surface area contributed by atoms with Gasteiger partial charge in [-0.05, 0) is 65.4 Å². The van der Waals surface area contributed by atoms with Crippen molar-refractivity contribution in [2.24, 2.45) is 0 Å².